The second kappa shape index (κ2) is 4.37. The molecule has 2 aliphatic rings. The molecule has 0 aromatic rings. The zero-order chi connectivity index (χ0) is 11.8. The van der Waals surface area contributed by atoms with E-state index >= 15 is 0 Å². The number of hydrogen-bond donors (Lipinski definition) is 0. The highest BCUT2D eigenvalue weighted by Crippen LogP contribution is 2.49. The van der Waals surface area contributed by atoms with E-state index in [1.807, 2.05) is 0 Å². The van der Waals surface area contributed by atoms with Gasteiger partial charge >= 0.3 is 0 Å². The maximum atomic E-state index is 5.74. The molecule has 0 unspecified atom stereocenters. The van der Waals surface area contributed by atoms with E-state index in [0.717, 1.165) is 0 Å². The molecule has 0 radical (unpaired) electrons. The highest BCUT2D eigenvalue weighted by molar-refractivity contribution is 5.22. The van der Waals surface area contributed by atoms with Crippen molar-refractivity contribution in [2.75, 3.05) is 0 Å². The summed E-state index contributed by atoms with van der Waals surface area (Å²) in [5.41, 5.74) is 4.96. The Morgan fingerprint density at radius 3 is 2.81 bits per heavy atom. The van der Waals surface area contributed by atoms with Crippen LogP contribution in [0.5, 0.6) is 0 Å². The first-order valence-electron chi connectivity index (χ1n) is 6.50. The third-order valence-corrected chi connectivity index (χ3v) is 4.07. The first kappa shape index (κ1) is 11.9. The lowest BCUT2D eigenvalue weighted by Gasteiger charge is -2.18. The van der Waals surface area contributed by atoms with E-state index in [1.54, 1.807) is 11.1 Å². The monoisotopic (exact) mass is 220 g/mol. The first-order chi connectivity index (χ1) is 7.51. The summed E-state index contributed by atoms with van der Waals surface area (Å²) in [6.45, 7) is 8.91. The Balaban J connectivity index is 1.88. The summed E-state index contributed by atoms with van der Waals surface area (Å²) < 4.78 is 5.74. The summed E-state index contributed by atoms with van der Waals surface area (Å²) in [5, 5.41) is 0. The smallest absolute Gasteiger partial charge is 0.0926 e. The Labute approximate surface area is 99.6 Å². The molecule has 0 bridgehead atoms. The van der Waals surface area contributed by atoms with E-state index < -0.39 is 0 Å². The van der Waals surface area contributed by atoms with Gasteiger partial charge in [0.2, 0.25) is 0 Å². The van der Waals surface area contributed by atoms with Gasteiger partial charge in [-0.25, -0.2) is 0 Å². The van der Waals surface area contributed by atoms with Crippen LogP contribution in [0.25, 0.3) is 0 Å². The van der Waals surface area contributed by atoms with Crippen LogP contribution < -0.4 is 0 Å². The summed E-state index contributed by atoms with van der Waals surface area (Å²) in [4.78, 5) is 0. The predicted molar refractivity (Wildman–Crippen MR) is 68.5 cm³/mol. The van der Waals surface area contributed by atoms with Crippen molar-refractivity contribution < 1.29 is 4.74 Å². The fourth-order valence-corrected chi connectivity index (χ4v) is 2.64. The molecule has 1 aliphatic heterocycles. The largest absolute Gasteiger partial charge is 0.366 e. The van der Waals surface area contributed by atoms with Crippen molar-refractivity contribution in [3.63, 3.8) is 0 Å². The average molecular weight is 220 g/mol. The van der Waals surface area contributed by atoms with Crippen LogP contribution in [-0.2, 0) is 4.74 Å². The fourth-order valence-electron chi connectivity index (χ4n) is 2.64. The van der Waals surface area contributed by atoms with Gasteiger partial charge in [-0.15, -0.1) is 0 Å². The van der Waals surface area contributed by atoms with Gasteiger partial charge in [-0.05, 0) is 59.8 Å². The molecule has 2 fully saturated rings. The van der Waals surface area contributed by atoms with Crippen LogP contribution in [0.2, 0.25) is 0 Å². The van der Waals surface area contributed by atoms with Gasteiger partial charge in [-0.1, -0.05) is 22.8 Å². The van der Waals surface area contributed by atoms with Gasteiger partial charge < -0.3 is 4.74 Å². The Hall–Kier alpha value is -0.560. The second-order valence-corrected chi connectivity index (χ2v) is 5.83. The lowest BCUT2D eigenvalue weighted by atomic mass is 9.84. The predicted octanol–water partition coefficient (Wildman–Crippen LogP) is 4.39. The third kappa shape index (κ3) is 2.57. The highest BCUT2D eigenvalue weighted by Gasteiger charge is 2.54. The minimum Gasteiger partial charge on any atom is -0.366 e. The lowest BCUT2D eigenvalue weighted by Crippen LogP contribution is -2.16. The molecule has 0 N–H and O–H groups in total. The van der Waals surface area contributed by atoms with Crippen LogP contribution in [0.1, 0.15) is 59.8 Å². The molecule has 2 rings (SSSR count). The zero-order valence-electron chi connectivity index (χ0n) is 11.1. The van der Waals surface area contributed by atoms with Gasteiger partial charge in [0.1, 0.15) is 0 Å². The van der Waals surface area contributed by atoms with Crippen LogP contribution in [0, 0.1) is 0 Å². The van der Waals surface area contributed by atoms with Crippen molar-refractivity contribution in [1.82, 2.24) is 0 Å². The molecule has 90 valence electrons. The molecular weight excluding hydrogens is 196 g/mol. The lowest BCUT2D eigenvalue weighted by molar-refractivity contribution is 0.305. The topological polar surface area (TPSA) is 12.5 Å². The van der Waals surface area contributed by atoms with Crippen LogP contribution in [0.3, 0.4) is 0 Å². The van der Waals surface area contributed by atoms with Gasteiger partial charge in [0, 0.05) is 0 Å². The number of hydrogen-bond acceptors (Lipinski definition) is 1. The summed E-state index contributed by atoms with van der Waals surface area (Å²) in [6.07, 6.45) is 8.97. The first-order valence-corrected chi connectivity index (χ1v) is 6.50. The molecule has 1 nitrogen and oxygen atoms in total. The summed E-state index contributed by atoms with van der Waals surface area (Å²) in [6, 6.07) is 0. The van der Waals surface area contributed by atoms with Crippen molar-refractivity contribution >= 4 is 0 Å². The fraction of sp³-hybridized carbons (Fsp3) is 0.733. The van der Waals surface area contributed by atoms with Gasteiger partial charge in [0.25, 0.3) is 0 Å². The maximum absolute atomic E-state index is 5.74. The van der Waals surface area contributed by atoms with E-state index in [0.29, 0.717) is 6.10 Å². The molecule has 0 aromatic heterocycles. The van der Waals surface area contributed by atoms with Crippen molar-refractivity contribution in [3.05, 3.63) is 22.8 Å². The van der Waals surface area contributed by atoms with Crippen molar-refractivity contribution in [2.24, 2.45) is 0 Å². The van der Waals surface area contributed by atoms with E-state index in [1.165, 1.54) is 37.7 Å². The molecule has 0 amide bonds. The standard InChI is InChI=1S/C15H24O/c1-11(2)6-5-7-12(3)13-8-9-15(4)14(10-13)16-15/h6,14H,5,7-10H2,1-4H3/b13-12+/t14-,15+/m0/s1. The van der Waals surface area contributed by atoms with Crippen LogP contribution >= 0.6 is 0 Å². The Morgan fingerprint density at radius 1 is 1.44 bits per heavy atom. The van der Waals surface area contributed by atoms with Gasteiger partial charge in [0.15, 0.2) is 0 Å². The molecule has 16 heavy (non-hydrogen) atoms. The SMILES string of the molecule is CC(C)=CCC/C(C)=C1\CC[C@@]2(C)O[C@H]2C1. The summed E-state index contributed by atoms with van der Waals surface area (Å²) >= 11 is 0. The van der Waals surface area contributed by atoms with E-state index in [4.69, 9.17) is 4.74 Å². The molecule has 1 heterocycles. The number of epoxide rings is 1. The molecule has 1 aliphatic carbocycles. The van der Waals surface area contributed by atoms with Crippen LogP contribution in [-0.4, -0.2) is 11.7 Å². The summed E-state index contributed by atoms with van der Waals surface area (Å²) in [7, 11) is 0. The zero-order valence-corrected chi connectivity index (χ0v) is 11.1. The number of allylic oxidation sites excluding steroid dienone is 3. The Kier molecular flexibility index (Phi) is 3.25. The summed E-state index contributed by atoms with van der Waals surface area (Å²) in [5.74, 6) is 0. The number of ether oxygens (including phenoxy) is 1. The van der Waals surface area contributed by atoms with Crippen molar-refractivity contribution in [2.45, 2.75) is 71.5 Å². The average Bonchev–Trinajstić information content (AvgIpc) is 2.87. The third-order valence-electron chi connectivity index (χ3n) is 4.07. The molecule has 2 atom stereocenters. The number of fused-ring (bicyclic) bond motifs is 1. The Morgan fingerprint density at radius 2 is 2.19 bits per heavy atom. The molecule has 1 heteroatoms. The highest BCUT2D eigenvalue weighted by atomic mass is 16.6. The van der Waals surface area contributed by atoms with E-state index in [9.17, 15) is 0 Å². The van der Waals surface area contributed by atoms with E-state index in [2.05, 4.69) is 33.8 Å². The molecule has 0 aromatic carbocycles. The number of rotatable bonds is 3. The normalized spacial score (nSPS) is 35.4. The van der Waals surface area contributed by atoms with Crippen LogP contribution in [0.15, 0.2) is 22.8 Å². The van der Waals surface area contributed by atoms with Crippen molar-refractivity contribution in [3.8, 4) is 0 Å². The Bertz CT molecular complexity index is 333. The van der Waals surface area contributed by atoms with Gasteiger partial charge in [-0.2, -0.15) is 0 Å². The van der Waals surface area contributed by atoms with Crippen LogP contribution in [0.4, 0.5) is 0 Å². The minimum atomic E-state index is 0.254. The van der Waals surface area contributed by atoms with Gasteiger partial charge in [0.05, 0.1) is 11.7 Å². The van der Waals surface area contributed by atoms with E-state index in [-0.39, 0.29) is 5.60 Å². The van der Waals surface area contributed by atoms with Crippen molar-refractivity contribution in [1.29, 1.82) is 0 Å². The molecule has 1 saturated heterocycles. The second-order valence-electron chi connectivity index (χ2n) is 5.83. The molecule has 1 saturated carbocycles. The minimum absolute atomic E-state index is 0.254. The quantitative estimate of drug-likeness (QED) is 0.507. The maximum Gasteiger partial charge on any atom is 0.0926 e. The molecular formula is C15H24O. The van der Waals surface area contributed by atoms with Gasteiger partial charge in [-0.3, -0.25) is 0 Å². The molecule has 0 spiro atoms.